The summed E-state index contributed by atoms with van der Waals surface area (Å²) in [7, 11) is -4.33. The van der Waals surface area contributed by atoms with Crippen molar-refractivity contribution in [3.63, 3.8) is 0 Å². The summed E-state index contributed by atoms with van der Waals surface area (Å²) in [5, 5.41) is 0. The van der Waals surface area contributed by atoms with Gasteiger partial charge in [-0.2, -0.15) is 8.42 Å². The Bertz CT molecular complexity index is 516. The van der Waals surface area contributed by atoms with Gasteiger partial charge in [0.15, 0.2) is 0 Å². The minimum Gasteiger partial charge on any atom is -0.494 e. The Kier molecular flexibility index (Phi) is 10.3. The third-order valence-electron chi connectivity index (χ3n) is 2.72. The van der Waals surface area contributed by atoms with Crippen molar-refractivity contribution in [2.75, 3.05) is 13.2 Å². The fraction of sp³-hybridized carbons (Fsp3) is 0.571. The van der Waals surface area contributed by atoms with Crippen molar-refractivity contribution in [1.29, 1.82) is 0 Å². The minimum atomic E-state index is -4.33. The van der Waals surface area contributed by atoms with Crippen LogP contribution in [0.5, 0.6) is 11.5 Å². The molecule has 0 aromatic heterocycles. The molecule has 0 amide bonds. The summed E-state index contributed by atoms with van der Waals surface area (Å²) in [5.41, 5.74) is 0. The Hall–Kier alpha value is -0.270. The van der Waals surface area contributed by atoms with E-state index in [1.807, 2.05) is 13.8 Å². The van der Waals surface area contributed by atoms with Gasteiger partial charge in [0.2, 0.25) is 0 Å². The normalized spacial score (nSPS) is 10.8. The van der Waals surface area contributed by atoms with Gasteiger partial charge in [0.05, 0.1) is 13.2 Å². The summed E-state index contributed by atoms with van der Waals surface area (Å²) in [6.45, 7) is 4.97. The van der Waals surface area contributed by atoms with Gasteiger partial charge in [-0.25, -0.2) is 0 Å². The Balaban J connectivity index is 0.00000400. The van der Waals surface area contributed by atoms with Crippen LogP contribution in [-0.4, -0.2) is 55.7 Å². The average Bonchev–Trinajstić information content (AvgIpc) is 2.39. The van der Waals surface area contributed by atoms with Crippen LogP contribution in [0.4, 0.5) is 0 Å². The van der Waals surface area contributed by atoms with Crippen LogP contribution in [0.25, 0.3) is 0 Å². The van der Waals surface area contributed by atoms with Gasteiger partial charge in [-0.3, -0.25) is 4.55 Å². The summed E-state index contributed by atoms with van der Waals surface area (Å²) in [6.07, 6.45) is 3.64. The largest absolute Gasteiger partial charge is 0.494 e. The molecule has 0 aliphatic heterocycles. The molecule has 0 saturated heterocycles. The monoisotopic (exact) mass is 325 g/mol. The third-order valence-corrected chi connectivity index (χ3v) is 3.59. The van der Waals surface area contributed by atoms with Crippen molar-refractivity contribution in [2.45, 2.75) is 44.4 Å². The molecule has 115 valence electrons. The van der Waals surface area contributed by atoms with Gasteiger partial charge < -0.3 is 9.47 Å². The molecule has 0 heterocycles. The summed E-state index contributed by atoms with van der Waals surface area (Å²) >= 11 is 0. The van der Waals surface area contributed by atoms with Crippen LogP contribution in [0.1, 0.15) is 39.5 Å². The van der Waals surface area contributed by atoms with Crippen LogP contribution in [0, 0.1) is 0 Å². The number of hydrogen-bond acceptors (Lipinski definition) is 4. The molecule has 7 heteroatoms. The fourth-order valence-corrected chi connectivity index (χ4v) is 2.21. The molecule has 0 unspecified atom stereocenters. The zero-order chi connectivity index (χ0) is 15.0. The first-order chi connectivity index (χ1) is 9.49. The van der Waals surface area contributed by atoms with E-state index in [0.29, 0.717) is 19.0 Å². The average molecular weight is 325 g/mol. The molecule has 1 N–H and O–H groups in total. The first kappa shape index (κ1) is 20.7. The molecule has 0 spiro atoms. The molecule has 0 aliphatic rings. The summed E-state index contributed by atoms with van der Waals surface area (Å²) in [6, 6.07) is 4.46. The molecule has 1 rings (SSSR count). The van der Waals surface area contributed by atoms with Crippen LogP contribution in [0.3, 0.4) is 0 Å². The van der Waals surface area contributed by atoms with Crippen LogP contribution in [0.15, 0.2) is 23.1 Å². The van der Waals surface area contributed by atoms with Gasteiger partial charge in [0.1, 0.15) is 16.4 Å². The molecule has 0 aliphatic carbocycles. The molecule has 1 aromatic rings. The van der Waals surface area contributed by atoms with E-state index in [4.69, 9.17) is 9.47 Å². The Morgan fingerprint density at radius 3 is 2.14 bits per heavy atom. The predicted octanol–water partition coefficient (Wildman–Crippen LogP) is 2.91. The van der Waals surface area contributed by atoms with E-state index in [2.05, 4.69) is 0 Å². The van der Waals surface area contributed by atoms with Gasteiger partial charge in [-0.05, 0) is 25.0 Å². The van der Waals surface area contributed by atoms with E-state index in [-0.39, 0.29) is 40.2 Å². The number of rotatable bonds is 9. The number of ether oxygens (including phenoxy) is 2. The summed E-state index contributed by atoms with van der Waals surface area (Å²) < 4.78 is 42.9. The maximum atomic E-state index is 11.4. The quantitative estimate of drug-likeness (QED) is 0.429. The summed E-state index contributed by atoms with van der Waals surface area (Å²) in [5.74, 6) is 0.567. The van der Waals surface area contributed by atoms with Gasteiger partial charge >= 0.3 is 0 Å². The Morgan fingerprint density at radius 2 is 1.62 bits per heavy atom. The van der Waals surface area contributed by atoms with E-state index in [9.17, 15) is 13.0 Å². The predicted molar refractivity (Wildman–Crippen MR) is 82.8 cm³/mol. The third kappa shape index (κ3) is 7.51. The number of benzene rings is 1. The fourth-order valence-electron chi connectivity index (χ4n) is 1.56. The summed E-state index contributed by atoms with van der Waals surface area (Å²) in [4.78, 5) is -0.248. The first-order valence-electron chi connectivity index (χ1n) is 6.86. The topological polar surface area (TPSA) is 72.8 Å². The van der Waals surface area contributed by atoms with Crippen molar-refractivity contribution >= 4 is 39.7 Å². The van der Waals surface area contributed by atoms with Crippen LogP contribution < -0.4 is 9.47 Å². The first-order valence-corrected chi connectivity index (χ1v) is 8.30. The van der Waals surface area contributed by atoms with Crippen LogP contribution >= 0.6 is 0 Å². The van der Waals surface area contributed by atoms with Crippen molar-refractivity contribution in [2.24, 2.45) is 0 Å². The zero-order valence-electron chi connectivity index (χ0n) is 13.0. The van der Waals surface area contributed by atoms with Gasteiger partial charge in [-0.1, -0.05) is 26.7 Å². The van der Waals surface area contributed by atoms with Gasteiger partial charge in [-0.15, -0.1) is 0 Å². The Labute approximate surface area is 149 Å². The van der Waals surface area contributed by atoms with Crippen molar-refractivity contribution < 1.29 is 22.4 Å². The van der Waals surface area contributed by atoms with Crippen molar-refractivity contribution in [1.82, 2.24) is 0 Å². The van der Waals surface area contributed by atoms with E-state index in [1.165, 1.54) is 12.1 Å². The minimum absolute atomic E-state index is 0. The molecule has 1 radical (unpaired) electrons. The maximum absolute atomic E-state index is 11.4. The second kappa shape index (κ2) is 10.5. The van der Waals surface area contributed by atoms with E-state index in [0.717, 1.165) is 25.7 Å². The molecule has 5 nitrogen and oxygen atoms in total. The van der Waals surface area contributed by atoms with Crippen molar-refractivity contribution in [3.05, 3.63) is 18.2 Å². The molecule has 0 fully saturated rings. The molecule has 1 aromatic carbocycles. The molecular formula is C14H22NaO5S. The van der Waals surface area contributed by atoms with Gasteiger partial charge in [0, 0.05) is 35.6 Å². The molecular weight excluding hydrogens is 303 g/mol. The smallest absolute Gasteiger partial charge is 0.298 e. The molecule has 0 atom stereocenters. The van der Waals surface area contributed by atoms with E-state index in [1.54, 1.807) is 6.07 Å². The molecule has 0 saturated carbocycles. The standard InChI is InChI=1S/C14H22O5S.Na/c1-3-5-9-18-12-7-8-13(19-10-6-4-2)14(11-12)20(15,16)17;/h7-8,11H,3-6,9-10H2,1-2H3,(H,15,16,17);. The Morgan fingerprint density at radius 1 is 1.05 bits per heavy atom. The molecule has 21 heavy (non-hydrogen) atoms. The van der Waals surface area contributed by atoms with E-state index < -0.39 is 10.1 Å². The van der Waals surface area contributed by atoms with Crippen molar-refractivity contribution in [3.8, 4) is 11.5 Å². The van der Waals surface area contributed by atoms with Crippen LogP contribution in [-0.2, 0) is 10.1 Å². The molecule has 0 bridgehead atoms. The maximum Gasteiger partial charge on any atom is 0.298 e. The number of hydrogen-bond donors (Lipinski definition) is 1. The zero-order valence-corrected chi connectivity index (χ0v) is 15.8. The SMILES string of the molecule is CCCCOc1ccc(OCCCC)c(S(=O)(=O)O)c1.[Na]. The second-order valence-corrected chi connectivity index (χ2v) is 5.88. The second-order valence-electron chi connectivity index (χ2n) is 4.49. The van der Waals surface area contributed by atoms with E-state index >= 15 is 0 Å². The van der Waals surface area contributed by atoms with Gasteiger partial charge in [0.25, 0.3) is 10.1 Å². The number of unbranched alkanes of at least 4 members (excludes halogenated alkanes) is 2. The van der Waals surface area contributed by atoms with Crippen LogP contribution in [0.2, 0.25) is 0 Å².